The lowest BCUT2D eigenvalue weighted by molar-refractivity contribution is -0.145. The average molecular weight is 355 g/mol. The van der Waals surface area contributed by atoms with Crippen LogP contribution in [0.3, 0.4) is 0 Å². The van der Waals surface area contributed by atoms with E-state index in [4.69, 9.17) is 9.47 Å². The van der Waals surface area contributed by atoms with Gasteiger partial charge < -0.3 is 14.8 Å². The van der Waals surface area contributed by atoms with Gasteiger partial charge in [-0.15, -0.1) is 0 Å². The zero-order valence-electron chi connectivity index (χ0n) is 14.9. The standard InChI is InChI=1S/C20H21NO5/c1-13-4-6-15(7-5-13)19(23)14(2)26-18(22)12-21-20(24)16-8-10-17(25-3)11-9-16/h4-11,14H,12H2,1-3H3,(H,21,24)/t14-/m0/s1. The van der Waals surface area contributed by atoms with E-state index in [1.165, 1.54) is 14.0 Å². The van der Waals surface area contributed by atoms with Crippen LogP contribution in [0.5, 0.6) is 5.75 Å². The third kappa shape index (κ3) is 5.17. The van der Waals surface area contributed by atoms with E-state index in [1.54, 1.807) is 36.4 Å². The fraction of sp³-hybridized carbons (Fsp3) is 0.250. The van der Waals surface area contributed by atoms with Gasteiger partial charge in [-0.2, -0.15) is 0 Å². The smallest absolute Gasteiger partial charge is 0.326 e. The number of rotatable bonds is 7. The maximum Gasteiger partial charge on any atom is 0.326 e. The summed E-state index contributed by atoms with van der Waals surface area (Å²) in [7, 11) is 1.53. The van der Waals surface area contributed by atoms with Crippen LogP contribution in [-0.2, 0) is 9.53 Å². The number of esters is 1. The Morgan fingerprint density at radius 2 is 1.54 bits per heavy atom. The molecular weight excluding hydrogens is 334 g/mol. The number of nitrogens with one attached hydrogen (secondary N) is 1. The molecule has 0 aliphatic heterocycles. The summed E-state index contributed by atoms with van der Waals surface area (Å²) in [6.07, 6.45) is -0.928. The number of ether oxygens (including phenoxy) is 2. The monoisotopic (exact) mass is 355 g/mol. The van der Waals surface area contributed by atoms with Crippen molar-refractivity contribution >= 4 is 17.7 Å². The third-order valence-electron chi connectivity index (χ3n) is 3.76. The molecule has 0 saturated carbocycles. The molecule has 26 heavy (non-hydrogen) atoms. The summed E-state index contributed by atoms with van der Waals surface area (Å²) in [6.45, 7) is 3.10. The Morgan fingerprint density at radius 1 is 0.962 bits per heavy atom. The minimum Gasteiger partial charge on any atom is -0.497 e. The summed E-state index contributed by atoms with van der Waals surface area (Å²) < 4.78 is 10.1. The molecule has 0 fully saturated rings. The van der Waals surface area contributed by atoms with Crippen LogP contribution in [0.25, 0.3) is 0 Å². The number of methoxy groups -OCH3 is 1. The predicted octanol–water partition coefficient (Wildman–Crippen LogP) is 2.55. The first-order valence-electron chi connectivity index (χ1n) is 8.13. The first kappa shape index (κ1) is 19.2. The van der Waals surface area contributed by atoms with Crippen LogP contribution in [0.1, 0.15) is 33.2 Å². The van der Waals surface area contributed by atoms with E-state index >= 15 is 0 Å². The minimum atomic E-state index is -0.928. The molecule has 0 saturated heterocycles. The molecule has 6 nitrogen and oxygen atoms in total. The number of Topliss-reactive ketones (excluding diaryl/α,β-unsaturated/α-hetero) is 1. The largest absolute Gasteiger partial charge is 0.497 e. The second-order valence-electron chi connectivity index (χ2n) is 5.77. The fourth-order valence-corrected chi connectivity index (χ4v) is 2.24. The van der Waals surface area contributed by atoms with Crippen LogP contribution in [0.4, 0.5) is 0 Å². The Balaban J connectivity index is 1.84. The summed E-state index contributed by atoms with van der Waals surface area (Å²) in [5, 5.41) is 2.46. The van der Waals surface area contributed by atoms with Crippen molar-refractivity contribution in [3.05, 3.63) is 65.2 Å². The van der Waals surface area contributed by atoms with Gasteiger partial charge in [0, 0.05) is 11.1 Å². The van der Waals surface area contributed by atoms with E-state index in [9.17, 15) is 14.4 Å². The van der Waals surface area contributed by atoms with Crippen molar-refractivity contribution < 1.29 is 23.9 Å². The highest BCUT2D eigenvalue weighted by molar-refractivity contribution is 6.00. The van der Waals surface area contributed by atoms with Crippen molar-refractivity contribution in [1.82, 2.24) is 5.32 Å². The SMILES string of the molecule is COc1ccc(C(=O)NCC(=O)O[C@@H](C)C(=O)c2ccc(C)cc2)cc1. The quantitative estimate of drug-likeness (QED) is 0.610. The number of aryl methyl sites for hydroxylation is 1. The molecule has 1 atom stereocenters. The molecule has 2 rings (SSSR count). The molecule has 0 radical (unpaired) electrons. The van der Waals surface area contributed by atoms with Gasteiger partial charge in [0.2, 0.25) is 5.78 Å². The lowest BCUT2D eigenvalue weighted by Crippen LogP contribution is -2.34. The summed E-state index contributed by atoms with van der Waals surface area (Å²) in [5.41, 5.74) is 1.90. The normalized spacial score (nSPS) is 11.3. The van der Waals surface area contributed by atoms with Gasteiger partial charge in [0.25, 0.3) is 5.91 Å². The maximum atomic E-state index is 12.2. The van der Waals surface area contributed by atoms with E-state index in [0.29, 0.717) is 16.9 Å². The van der Waals surface area contributed by atoms with Crippen molar-refractivity contribution in [2.75, 3.05) is 13.7 Å². The zero-order chi connectivity index (χ0) is 19.1. The lowest BCUT2D eigenvalue weighted by atomic mass is 10.1. The molecule has 0 heterocycles. The van der Waals surface area contributed by atoms with Gasteiger partial charge in [-0.3, -0.25) is 14.4 Å². The molecule has 1 amide bonds. The number of benzene rings is 2. The molecule has 0 bridgehead atoms. The Morgan fingerprint density at radius 3 is 2.12 bits per heavy atom. The summed E-state index contributed by atoms with van der Waals surface area (Å²) in [4.78, 5) is 36.1. The molecule has 2 aromatic carbocycles. The third-order valence-corrected chi connectivity index (χ3v) is 3.76. The number of amides is 1. The summed E-state index contributed by atoms with van der Waals surface area (Å²) >= 11 is 0. The van der Waals surface area contributed by atoms with Crippen LogP contribution < -0.4 is 10.1 Å². The maximum absolute atomic E-state index is 12.2. The van der Waals surface area contributed by atoms with Gasteiger partial charge in [-0.1, -0.05) is 29.8 Å². The minimum absolute atomic E-state index is 0.292. The predicted molar refractivity (Wildman–Crippen MR) is 96.4 cm³/mol. The second-order valence-corrected chi connectivity index (χ2v) is 5.77. The van der Waals surface area contributed by atoms with Crippen molar-refractivity contribution in [2.45, 2.75) is 20.0 Å². The molecular formula is C20H21NO5. The highest BCUT2D eigenvalue weighted by atomic mass is 16.5. The molecule has 6 heteroatoms. The number of hydrogen-bond donors (Lipinski definition) is 1. The number of carbonyl (C=O) groups excluding carboxylic acids is 3. The molecule has 0 aliphatic rings. The van der Waals surface area contributed by atoms with Crippen LogP contribution in [0.15, 0.2) is 48.5 Å². The summed E-state index contributed by atoms with van der Waals surface area (Å²) in [5.74, 6) is -0.758. The van der Waals surface area contributed by atoms with Gasteiger partial charge >= 0.3 is 5.97 Å². The molecule has 136 valence electrons. The van der Waals surface area contributed by atoms with E-state index in [0.717, 1.165) is 5.56 Å². The van der Waals surface area contributed by atoms with Gasteiger partial charge in [-0.25, -0.2) is 0 Å². The second kappa shape index (κ2) is 8.80. The van der Waals surface area contributed by atoms with Gasteiger partial charge in [0.15, 0.2) is 6.10 Å². The molecule has 1 N–H and O–H groups in total. The topological polar surface area (TPSA) is 81.7 Å². The highest BCUT2D eigenvalue weighted by Crippen LogP contribution is 2.11. The van der Waals surface area contributed by atoms with Crippen LogP contribution in [0, 0.1) is 6.92 Å². The van der Waals surface area contributed by atoms with Crippen LogP contribution in [0.2, 0.25) is 0 Å². The molecule has 0 spiro atoms. The van der Waals surface area contributed by atoms with E-state index in [-0.39, 0.29) is 12.3 Å². The van der Waals surface area contributed by atoms with E-state index in [1.807, 2.05) is 19.1 Å². The van der Waals surface area contributed by atoms with Crippen LogP contribution in [-0.4, -0.2) is 37.4 Å². The summed E-state index contributed by atoms with van der Waals surface area (Å²) in [6, 6.07) is 13.5. The van der Waals surface area contributed by atoms with Gasteiger partial charge in [0.05, 0.1) is 7.11 Å². The zero-order valence-corrected chi connectivity index (χ0v) is 14.9. The average Bonchev–Trinajstić information content (AvgIpc) is 2.66. The first-order chi connectivity index (χ1) is 12.4. The van der Waals surface area contributed by atoms with Crippen molar-refractivity contribution in [3.63, 3.8) is 0 Å². The fourth-order valence-electron chi connectivity index (χ4n) is 2.24. The Hall–Kier alpha value is -3.15. The van der Waals surface area contributed by atoms with Gasteiger partial charge in [0.1, 0.15) is 12.3 Å². The molecule has 2 aromatic rings. The molecule has 0 aliphatic carbocycles. The Bertz CT molecular complexity index is 781. The lowest BCUT2D eigenvalue weighted by Gasteiger charge is -2.13. The number of carbonyl (C=O) groups is 3. The molecule has 0 unspecified atom stereocenters. The van der Waals surface area contributed by atoms with E-state index in [2.05, 4.69) is 5.32 Å². The molecule has 0 aromatic heterocycles. The van der Waals surface area contributed by atoms with Crippen molar-refractivity contribution in [1.29, 1.82) is 0 Å². The van der Waals surface area contributed by atoms with Crippen molar-refractivity contribution in [3.8, 4) is 5.75 Å². The Labute approximate surface area is 152 Å². The van der Waals surface area contributed by atoms with E-state index < -0.39 is 18.0 Å². The number of hydrogen-bond acceptors (Lipinski definition) is 5. The first-order valence-corrected chi connectivity index (χ1v) is 8.13. The highest BCUT2D eigenvalue weighted by Gasteiger charge is 2.19. The number of ketones is 1. The Kier molecular flexibility index (Phi) is 6.49. The van der Waals surface area contributed by atoms with Crippen LogP contribution >= 0.6 is 0 Å². The van der Waals surface area contributed by atoms with Crippen molar-refractivity contribution in [2.24, 2.45) is 0 Å². The van der Waals surface area contributed by atoms with Gasteiger partial charge in [-0.05, 0) is 38.1 Å².